The van der Waals surface area contributed by atoms with Crippen molar-refractivity contribution in [1.82, 2.24) is 5.32 Å². The minimum absolute atomic E-state index is 0.143. The number of carbonyl (C=O) groups excluding carboxylic acids is 2. The second-order valence-electron chi connectivity index (χ2n) is 7.05. The van der Waals surface area contributed by atoms with Gasteiger partial charge in [0.05, 0.1) is 12.3 Å². The van der Waals surface area contributed by atoms with E-state index in [4.69, 9.17) is 21.1 Å². The van der Waals surface area contributed by atoms with Crippen LogP contribution in [0.4, 0.5) is 5.69 Å². The Kier molecular flexibility index (Phi) is 6.42. The Hall–Kier alpha value is -3.77. The topological polar surface area (TPSA) is 76.7 Å². The first-order valence-electron chi connectivity index (χ1n) is 10.1. The van der Waals surface area contributed by atoms with Crippen molar-refractivity contribution in [2.45, 2.75) is 13.5 Å². The van der Waals surface area contributed by atoms with E-state index in [0.29, 0.717) is 35.2 Å². The number of hydrogen-bond donors (Lipinski definition) is 2. The van der Waals surface area contributed by atoms with Gasteiger partial charge in [-0.15, -0.1) is 0 Å². The Balaban J connectivity index is 1.47. The molecule has 0 aliphatic carbocycles. The molecular formula is C25H21ClN2O4. The summed E-state index contributed by atoms with van der Waals surface area (Å²) in [7, 11) is 0. The van der Waals surface area contributed by atoms with Crippen LogP contribution in [-0.4, -0.2) is 18.4 Å². The van der Waals surface area contributed by atoms with Crippen molar-refractivity contribution < 1.29 is 19.1 Å². The lowest BCUT2D eigenvalue weighted by molar-refractivity contribution is -0.115. The van der Waals surface area contributed by atoms with E-state index in [0.717, 1.165) is 16.9 Å². The van der Waals surface area contributed by atoms with E-state index < -0.39 is 5.91 Å². The molecule has 0 fully saturated rings. The number of carbonyl (C=O) groups is 2. The van der Waals surface area contributed by atoms with Gasteiger partial charge in [0.25, 0.3) is 11.8 Å². The smallest absolute Gasteiger partial charge is 0.291 e. The van der Waals surface area contributed by atoms with E-state index >= 15 is 0 Å². The molecule has 1 heterocycles. The van der Waals surface area contributed by atoms with E-state index in [1.807, 2.05) is 37.3 Å². The zero-order valence-corrected chi connectivity index (χ0v) is 18.1. The Bertz CT molecular complexity index is 1210. The number of benzene rings is 3. The largest absolute Gasteiger partial charge is 0.494 e. The second kappa shape index (κ2) is 9.58. The van der Waals surface area contributed by atoms with Crippen LogP contribution in [0.2, 0.25) is 5.02 Å². The molecule has 3 aromatic carbocycles. The normalized spacial score (nSPS) is 13.7. The second-order valence-corrected chi connectivity index (χ2v) is 7.49. The number of nitrogens with one attached hydrogen (secondary N) is 2. The fourth-order valence-corrected chi connectivity index (χ4v) is 3.47. The number of amides is 2. The van der Waals surface area contributed by atoms with Gasteiger partial charge in [0.1, 0.15) is 5.75 Å². The molecule has 2 amide bonds. The van der Waals surface area contributed by atoms with Crippen LogP contribution in [0.15, 0.2) is 72.5 Å². The van der Waals surface area contributed by atoms with E-state index in [1.165, 1.54) is 0 Å². The average Bonchev–Trinajstić information content (AvgIpc) is 2.79. The predicted molar refractivity (Wildman–Crippen MR) is 124 cm³/mol. The number of para-hydroxylation sites is 1. The minimum atomic E-state index is -0.402. The molecule has 1 aliphatic rings. The molecule has 0 bridgehead atoms. The van der Waals surface area contributed by atoms with Gasteiger partial charge in [0.15, 0.2) is 11.5 Å². The maximum atomic E-state index is 12.7. The van der Waals surface area contributed by atoms with Crippen LogP contribution in [-0.2, 0) is 11.3 Å². The first kappa shape index (κ1) is 21.5. The summed E-state index contributed by atoms with van der Waals surface area (Å²) in [6.45, 7) is 2.78. The van der Waals surface area contributed by atoms with Gasteiger partial charge in [-0.1, -0.05) is 41.9 Å². The van der Waals surface area contributed by atoms with Crippen LogP contribution in [0.5, 0.6) is 11.5 Å². The molecule has 0 saturated carbocycles. The third kappa shape index (κ3) is 4.92. The van der Waals surface area contributed by atoms with Crippen molar-refractivity contribution in [3.05, 3.63) is 94.2 Å². The predicted octanol–water partition coefficient (Wildman–Crippen LogP) is 5.04. The molecule has 2 N–H and O–H groups in total. The molecule has 0 atom stereocenters. The van der Waals surface area contributed by atoms with Crippen molar-refractivity contribution >= 4 is 35.2 Å². The summed E-state index contributed by atoms with van der Waals surface area (Å²) < 4.78 is 11.3. The van der Waals surface area contributed by atoms with Gasteiger partial charge in [0, 0.05) is 22.7 Å². The first-order valence-corrected chi connectivity index (χ1v) is 10.5. The number of rotatable bonds is 6. The van der Waals surface area contributed by atoms with Gasteiger partial charge >= 0.3 is 0 Å². The zero-order valence-electron chi connectivity index (χ0n) is 17.4. The fourth-order valence-electron chi connectivity index (χ4n) is 3.27. The highest BCUT2D eigenvalue weighted by Crippen LogP contribution is 2.32. The van der Waals surface area contributed by atoms with Crippen LogP contribution >= 0.6 is 11.6 Å². The summed E-state index contributed by atoms with van der Waals surface area (Å²) in [6.07, 6.45) is 1.61. The summed E-state index contributed by atoms with van der Waals surface area (Å²) >= 11 is 6.00. The van der Waals surface area contributed by atoms with E-state index in [1.54, 1.807) is 42.5 Å². The van der Waals surface area contributed by atoms with Crippen molar-refractivity contribution in [3.63, 3.8) is 0 Å². The van der Waals surface area contributed by atoms with E-state index in [9.17, 15) is 9.59 Å². The lowest BCUT2D eigenvalue weighted by Gasteiger charge is -2.20. The van der Waals surface area contributed by atoms with Crippen molar-refractivity contribution in [2.75, 3.05) is 11.9 Å². The number of fused-ring (bicyclic) bond motifs is 1. The molecule has 0 radical (unpaired) electrons. The van der Waals surface area contributed by atoms with Crippen LogP contribution < -0.4 is 20.1 Å². The molecular weight excluding hydrogens is 428 g/mol. The Morgan fingerprint density at radius 2 is 1.97 bits per heavy atom. The quantitative estimate of drug-likeness (QED) is 0.518. The van der Waals surface area contributed by atoms with Gasteiger partial charge in [-0.2, -0.15) is 0 Å². The number of halogens is 1. The maximum Gasteiger partial charge on any atom is 0.291 e. The Labute approximate surface area is 190 Å². The molecule has 6 nitrogen and oxygen atoms in total. The van der Waals surface area contributed by atoms with Crippen LogP contribution in [0.25, 0.3) is 6.08 Å². The Morgan fingerprint density at radius 1 is 1.12 bits per heavy atom. The number of ether oxygens (including phenoxy) is 2. The molecule has 7 heteroatoms. The molecule has 4 rings (SSSR count). The minimum Gasteiger partial charge on any atom is -0.494 e. The standard InChI is InChI=1S/C25H21ClN2O4/c1-2-31-21-9-4-3-7-18(21)15-27-24(29)17-10-11-22-20(14-17)28-25(30)23(32-22)13-16-6-5-8-19(26)12-16/h3-14H,2,15H2,1H3,(H,27,29)(H,28,30). The molecule has 162 valence electrons. The van der Waals surface area contributed by atoms with Crippen molar-refractivity contribution in [3.8, 4) is 11.5 Å². The third-order valence-corrected chi connectivity index (χ3v) is 5.03. The SMILES string of the molecule is CCOc1ccccc1CNC(=O)c1ccc2c(c1)NC(=O)C(=Cc1cccc(Cl)c1)O2. The van der Waals surface area contributed by atoms with Gasteiger partial charge in [-0.25, -0.2) is 0 Å². The van der Waals surface area contributed by atoms with Crippen LogP contribution in [0.1, 0.15) is 28.4 Å². The highest BCUT2D eigenvalue weighted by molar-refractivity contribution is 6.30. The molecule has 32 heavy (non-hydrogen) atoms. The van der Waals surface area contributed by atoms with Crippen LogP contribution in [0, 0.1) is 0 Å². The van der Waals surface area contributed by atoms with Gasteiger partial charge in [-0.3, -0.25) is 9.59 Å². The van der Waals surface area contributed by atoms with Gasteiger partial charge < -0.3 is 20.1 Å². The highest BCUT2D eigenvalue weighted by Gasteiger charge is 2.23. The summed E-state index contributed by atoms with van der Waals surface area (Å²) in [5, 5.41) is 6.22. The first-order chi connectivity index (χ1) is 15.5. The summed E-state index contributed by atoms with van der Waals surface area (Å²) in [5.74, 6) is 0.662. The number of hydrogen-bond acceptors (Lipinski definition) is 4. The molecule has 0 saturated heterocycles. The van der Waals surface area contributed by atoms with Gasteiger partial charge in [0.2, 0.25) is 0 Å². The zero-order chi connectivity index (χ0) is 22.5. The lowest BCUT2D eigenvalue weighted by Crippen LogP contribution is -2.26. The van der Waals surface area contributed by atoms with Crippen molar-refractivity contribution in [1.29, 1.82) is 0 Å². The molecule has 1 aliphatic heterocycles. The molecule has 3 aromatic rings. The molecule has 0 spiro atoms. The average molecular weight is 449 g/mol. The third-order valence-electron chi connectivity index (χ3n) is 4.79. The summed E-state index contributed by atoms with van der Waals surface area (Å²) in [5.41, 5.74) is 2.46. The summed E-state index contributed by atoms with van der Waals surface area (Å²) in [6, 6.07) is 19.5. The van der Waals surface area contributed by atoms with E-state index in [-0.39, 0.29) is 11.7 Å². The number of anilines is 1. The van der Waals surface area contributed by atoms with Gasteiger partial charge in [-0.05, 0) is 55.0 Å². The fraction of sp³-hybridized carbons (Fsp3) is 0.120. The molecule has 0 aromatic heterocycles. The van der Waals surface area contributed by atoms with E-state index in [2.05, 4.69) is 10.6 Å². The van der Waals surface area contributed by atoms with Crippen LogP contribution in [0.3, 0.4) is 0 Å². The molecule has 0 unspecified atom stereocenters. The Morgan fingerprint density at radius 3 is 2.78 bits per heavy atom. The monoisotopic (exact) mass is 448 g/mol. The lowest BCUT2D eigenvalue weighted by atomic mass is 10.1. The summed E-state index contributed by atoms with van der Waals surface area (Å²) in [4.78, 5) is 25.1. The van der Waals surface area contributed by atoms with Crippen molar-refractivity contribution in [2.24, 2.45) is 0 Å². The maximum absolute atomic E-state index is 12.7. The highest BCUT2D eigenvalue weighted by atomic mass is 35.5.